The number of aromatic nitrogens is 1. The van der Waals surface area contributed by atoms with Crippen molar-refractivity contribution in [1.29, 1.82) is 0 Å². The van der Waals surface area contributed by atoms with E-state index >= 15 is 4.79 Å². The lowest BCUT2D eigenvalue weighted by Gasteiger charge is -2.63. The second-order valence-corrected chi connectivity index (χ2v) is 21.7. The molecule has 2 aromatic carbocycles. The molecule has 14 nitrogen and oxygen atoms in total. The van der Waals surface area contributed by atoms with Crippen molar-refractivity contribution in [2.24, 2.45) is 11.3 Å². The normalized spacial score (nSPS) is 35.0. The molecule has 3 aromatic rings. The number of carbonyl (C=O) groups is 3. The quantitative estimate of drug-likeness (QED) is 0.0765. The average molecular weight is 918 g/mol. The molecule has 1 aromatic heterocycles. The number of hydrogen-bond donors (Lipinski definition) is 5. The molecule has 64 heavy (non-hydrogen) atoms. The SMILES string of the molecule is CC[C@]1(O)C[C@H]2CN(CCc3c([nH]c4ccccc34)[C@@](C(=O)OC)(c3cc4c(cc3OC)N(C)[C@H]3[C@@](O)(C(=O)NCC(=O)OCCSSC)[C@H](O)[C@]5(CC)C=CCN6CC[C@]43[C@@H]65)C2)C1. The van der Waals surface area contributed by atoms with Gasteiger partial charge in [-0.1, -0.05) is 65.8 Å². The maximum Gasteiger partial charge on any atom is 0.325 e. The van der Waals surface area contributed by atoms with Gasteiger partial charge in [-0.3, -0.25) is 24.2 Å². The van der Waals surface area contributed by atoms with E-state index in [4.69, 9.17) is 14.2 Å². The van der Waals surface area contributed by atoms with Crippen LogP contribution in [-0.2, 0) is 41.1 Å². The first kappa shape index (κ1) is 45.4. The minimum Gasteiger partial charge on any atom is -0.496 e. The number of H-pyrrole nitrogens is 1. The molecular formula is C48H63N5O9S2. The lowest BCUT2D eigenvalue weighted by Crippen LogP contribution is -2.81. The molecule has 0 radical (unpaired) electrons. The Labute approximate surface area is 383 Å². The van der Waals surface area contributed by atoms with Gasteiger partial charge in [-0.15, -0.1) is 0 Å². The molecule has 6 heterocycles. The molecular weight excluding hydrogens is 855 g/mol. The van der Waals surface area contributed by atoms with Crippen LogP contribution in [0.2, 0.25) is 0 Å². The summed E-state index contributed by atoms with van der Waals surface area (Å²) >= 11 is 0. The fourth-order valence-electron chi connectivity index (χ4n) is 13.6. The number of aliphatic hydroxyl groups is 3. The summed E-state index contributed by atoms with van der Waals surface area (Å²) in [6, 6.07) is 10.8. The van der Waals surface area contributed by atoms with E-state index in [1.807, 2.05) is 68.5 Å². The third-order valence-electron chi connectivity index (χ3n) is 16.1. The van der Waals surface area contributed by atoms with Gasteiger partial charge in [-0.2, -0.15) is 0 Å². The first-order valence-corrected chi connectivity index (χ1v) is 25.5. The van der Waals surface area contributed by atoms with E-state index in [2.05, 4.69) is 32.2 Å². The second-order valence-electron chi connectivity index (χ2n) is 19.0. The Kier molecular flexibility index (Phi) is 11.9. The van der Waals surface area contributed by atoms with Crippen molar-refractivity contribution in [2.75, 3.05) is 84.1 Å². The van der Waals surface area contributed by atoms with Crippen LogP contribution < -0.4 is 15.0 Å². The van der Waals surface area contributed by atoms with E-state index in [0.717, 1.165) is 27.7 Å². The molecule has 346 valence electrons. The Bertz CT molecular complexity index is 2360. The van der Waals surface area contributed by atoms with Crippen LogP contribution in [0.5, 0.6) is 5.75 Å². The number of methoxy groups -OCH3 is 2. The zero-order valence-corrected chi connectivity index (χ0v) is 39.4. The Morgan fingerprint density at radius 2 is 1.83 bits per heavy atom. The zero-order valence-electron chi connectivity index (χ0n) is 37.8. The first-order chi connectivity index (χ1) is 30.7. The van der Waals surface area contributed by atoms with Crippen molar-refractivity contribution in [1.82, 2.24) is 20.1 Å². The van der Waals surface area contributed by atoms with Gasteiger partial charge in [0.1, 0.15) is 30.4 Å². The van der Waals surface area contributed by atoms with Gasteiger partial charge >= 0.3 is 11.9 Å². The number of hydrogen-bond acceptors (Lipinski definition) is 14. The van der Waals surface area contributed by atoms with Crippen molar-refractivity contribution in [3.05, 3.63) is 70.9 Å². The summed E-state index contributed by atoms with van der Waals surface area (Å²) in [5.74, 6) is -1.04. The Hall–Kier alpha value is -3.77. The Morgan fingerprint density at radius 1 is 1.03 bits per heavy atom. The van der Waals surface area contributed by atoms with Crippen LogP contribution in [0, 0.1) is 11.3 Å². The molecule has 5 aliphatic heterocycles. The van der Waals surface area contributed by atoms with Crippen molar-refractivity contribution in [3.63, 3.8) is 0 Å². The number of amides is 1. The molecule has 1 aliphatic carbocycles. The summed E-state index contributed by atoms with van der Waals surface area (Å²) in [7, 11) is 7.98. The highest BCUT2D eigenvalue weighted by Gasteiger charge is 2.78. The van der Waals surface area contributed by atoms with Crippen LogP contribution in [0.4, 0.5) is 5.69 Å². The number of esters is 2. The number of fused-ring (bicyclic) bond motifs is 6. The number of aromatic amines is 1. The van der Waals surface area contributed by atoms with Crippen molar-refractivity contribution >= 4 is 56.0 Å². The smallest absolute Gasteiger partial charge is 0.325 e. The number of ether oxygens (including phenoxy) is 3. The second kappa shape index (κ2) is 16.8. The number of aliphatic hydroxyl groups excluding tert-OH is 1. The molecule has 5 N–H and O–H groups in total. The third-order valence-corrected chi connectivity index (χ3v) is 17.9. The van der Waals surface area contributed by atoms with Gasteiger partial charge in [-0.05, 0) is 80.5 Å². The van der Waals surface area contributed by atoms with E-state index in [0.29, 0.717) is 94.0 Å². The summed E-state index contributed by atoms with van der Waals surface area (Å²) in [5, 5.41) is 41.9. The molecule has 2 bridgehead atoms. The number of rotatable bonds is 12. The van der Waals surface area contributed by atoms with Crippen LogP contribution >= 0.6 is 21.6 Å². The van der Waals surface area contributed by atoms with E-state index in [1.54, 1.807) is 28.7 Å². The third kappa shape index (κ3) is 6.50. The molecule has 1 unspecified atom stereocenters. The molecule has 10 atom stereocenters. The van der Waals surface area contributed by atoms with Gasteiger partial charge in [0.05, 0.1) is 25.9 Å². The predicted molar refractivity (Wildman–Crippen MR) is 249 cm³/mol. The molecule has 1 saturated carbocycles. The van der Waals surface area contributed by atoms with Crippen LogP contribution in [0.1, 0.15) is 68.3 Å². The predicted octanol–water partition coefficient (Wildman–Crippen LogP) is 3.92. The van der Waals surface area contributed by atoms with E-state index in [9.17, 15) is 24.9 Å². The monoisotopic (exact) mass is 917 g/mol. The van der Waals surface area contributed by atoms with E-state index in [-0.39, 0.29) is 18.6 Å². The summed E-state index contributed by atoms with van der Waals surface area (Å²) in [6.07, 6.45) is 7.36. The number of nitrogens with one attached hydrogen (secondary N) is 2. The van der Waals surface area contributed by atoms with Gasteiger partial charge in [0.25, 0.3) is 5.91 Å². The van der Waals surface area contributed by atoms with Crippen LogP contribution in [0.25, 0.3) is 10.9 Å². The number of nitrogens with zero attached hydrogens (tertiary/aromatic N) is 3. The van der Waals surface area contributed by atoms with Gasteiger partial charge in [0.2, 0.25) is 0 Å². The summed E-state index contributed by atoms with van der Waals surface area (Å²) in [6.45, 7) is 6.90. The van der Waals surface area contributed by atoms with Gasteiger partial charge < -0.3 is 44.7 Å². The summed E-state index contributed by atoms with van der Waals surface area (Å²) in [4.78, 5) is 53.5. The molecule has 16 heteroatoms. The zero-order chi connectivity index (χ0) is 45.4. The maximum atomic E-state index is 15.4. The van der Waals surface area contributed by atoms with Crippen molar-refractivity contribution < 1.29 is 43.9 Å². The van der Waals surface area contributed by atoms with Gasteiger partial charge in [0, 0.05) is 89.8 Å². The lowest BCUT2D eigenvalue weighted by atomic mass is 9.47. The largest absolute Gasteiger partial charge is 0.496 e. The van der Waals surface area contributed by atoms with Crippen LogP contribution in [-0.4, -0.2) is 156 Å². The number of piperidine rings is 1. The summed E-state index contributed by atoms with van der Waals surface area (Å²) in [5.41, 5.74) is -2.05. The maximum absolute atomic E-state index is 15.4. The minimum absolute atomic E-state index is 0.116. The molecule has 6 aliphatic rings. The average Bonchev–Trinajstić information content (AvgIpc) is 3.96. The molecule has 9 rings (SSSR count). The Morgan fingerprint density at radius 3 is 2.56 bits per heavy atom. The van der Waals surface area contributed by atoms with Gasteiger partial charge in [-0.25, -0.2) is 0 Å². The number of likely N-dealkylation sites (N-methyl/N-ethyl adjacent to an activating group) is 1. The standard InChI is InChI=1S/C48H63N5O9S2/c1-7-44(58)24-29-25-47(43(57)61-5,38-31(14-18-52(27-29)28-44)30-12-9-10-13-34(30)50-38)33-22-32-35(23-36(33)60-4)51(3)40-46(32)16-19-53-17-11-15-45(8-2,39(46)53)41(55)48(40,59)42(56)49-26-37(54)62-20-21-64-63-6/h9-13,15,22-23,29,39-41,50,55,58-59H,7-8,14,16-21,24-28H2,1-6H3,(H,49,56)/t29-,39+,40-,41-,44+,45-,46-,47+,48+/m1/s1. The highest BCUT2D eigenvalue weighted by Crippen LogP contribution is 2.67. The number of carbonyl (C=O) groups excluding carboxylic acids is 3. The fourth-order valence-corrected chi connectivity index (χ4v) is 14.7. The fraction of sp³-hybridized carbons (Fsp3) is 0.604. The molecule has 1 spiro atoms. The molecule has 1 amide bonds. The highest BCUT2D eigenvalue weighted by molar-refractivity contribution is 8.76. The first-order valence-electron chi connectivity index (χ1n) is 22.7. The van der Waals surface area contributed by atoms with E-state index in [1.165, 1.54) is 7.11 Å². The molecule has 2 saturated heterocycles. The molecule has 3 fully saturated rings. The number of para-hydroxylation sites is 1. The van der Waals surface area contributed by atoms with Crippen LogP contribution in [0.15, 0.2) is 48.6 Å². The van der Waals surface area contributed by atoms with Gasteiger partial charge in [0.15, 0.2) is 5.60 Å². The highest BCUT2D eigenvalue weighted by atomic mass is 33.1. The van der Waals surface area contributed by atoms with Crippen LogP contribution in [0.3, 0.4) is 0 Å². The summed E-state index contributed by atoms with van der Waals surface area (Å²) < 4.78 is 17.7. The van der Waals surface area contributed by atoms with Crippen molar-refractivity contribution in [3.8, 4) is 5.75 Å². The minimum atomic E-state index is -2.42. The lowest BCUT2D eigenvalue weighted by molar-refractivity contribution is -0.203. The Balaban J connectivity index is 1.26. The van der Waals surface area contributed by atoms with E-state index < -0.39 is 64.0 Å². The number of benzene rings is 2. The topological polar surface area (TPSA) is 177 Å². The number of anilines is 1. The van der Waals surface area contributed by atoms with Crippen molar-refractivity contribution in [2.45, 2.75) is 92.6 Å².